The van der Waals surface area contributed by atoms with Crippen LogP contribution in [0.25, 0.3) is 0 Å². The molecule has 5 atom stereocenters. The molecule has 3 N–H and O–H groups in total. The average molecular weight is 410 g/mol. The lowest BCUT2D eigenvalue weighted by Gasteiger charge is -2.50. The minimum absolute atomic E-state index is 0.0769. The van der Waals surface area contributed by atoms with Crippen LogP contribution < -0.4 is 0 Å². The van der Waals surface area contributed by atoms with Gasteiger partial charge in [-0.2, -0.15) is 8.42 Å². The number of hydrogen-bond donors (Lipinski definition) is 3. The molecule has 3 aliphatic rings. The lowest BCUT2D eigenvalue weighted by molar-refractivity contribution is -0.0179. The van der Waals surface area contributed by atoms with Crippen LogP contribution >= 0.6 is 0 Å². The van der Waals surface area contributed by atoms with Gasteiger partial charge in [0.1, 0.15) is 18.1 Å². The van der Waals surface area contributed by atoms with Gasteiger partial charge in [-0.15, -0.1) is 0 Å². The minimum Gasteiger partial charge on any atom is -0.508 e. The summed E-state index contributed by atoms with van der Waals surface area (Å²) in [5.74, 6) is 0.717. The number of aliphatic hydroxyl groups is 1. The largest absolute Gasteiger partial charge is 0.508 e. The third-order valence-electron chi connectivity index (χ3n) is 7.17. The third kappa shape index (κ3) is 3.42. The van der Waals surface area contributed by atoms with Crippen LogP contribution in [0.15, 0.2) is 23.4 Å². The van der Waals surface area contributed by atoms with E-state index in [9.17, 15) is 18.6 Å². The molecule has 2 saturated carbocycles. The van der Waals surface area contributed by atoms with Crippen molar-refractivity contribution in [2.75, 3.05) is 12.4 Å². The summed E-state index contributed by atoms with van der Waals surface area (Å²) in [4.78, 5) is 5.20. The van der Waals surface area contributed by atoms with Gasteiger partial charge < -0.3 is 15.1 Å². The van der Waals surface area contributed by atoms with Gasteiger partial charge in [-0.1, -0.05) is 18.1 Å². The normalized spacial score (nSPS) is 35.9. The smallest absolute Gasteiger partial charge is 0.268 e. The minimum atomic E-state index is -4.10. The van der Waals surface area contributed by atoms with E-state index in [1.807, 2.05) is 6.07 Å². The van der Waals surface area contributed by atoms with Crippen molar-refractivity contribution in [3.63, 3.8) is 0 Å². The van der Waals surface area contributed by atoms with E-state index in [4.69, 9.17) is 9.39 Å². The molecule has 0 saturated heterocycles. The number of nitrogens with zero attached hydrogens (tertiary/aromatic N) is 1. The maximum atomic E-state index is 10.9. The van der Waals surface area contributed by atoms with Crippen LogP contribution in [0.4, 0.5) is 0 Å². The summed E-state index contributed by atoms with van der Waals surface area (Å²) in [5, 5.41) is 24.7. The molecule has 0 heterocycles. The summed E-state index contributed by atoms with van der Waals surface area (Å²) in [6.07, 6.45) is 4.18. The Kier molecular flexibility index (Phi) is 4.92. The molecule has 0 bridgehead atoms. The van der Waals surface area contributed by atoms with Gasteiger partial charge in [0.25, 0.3) is 10.1 Å². The molecule has 1 unspecified atom stereocenters. The highest BCUT2D eigenvalue weighted by molar-refractivity contribution is 7.85. The summed E-state index contributed by atoms with van der Waals surface area (Å²) in [6, 6.07) is 5.33. The Balaban J connectivity index is 1.65. The Labute approximate surface area is 165 Å². The number of hydrogen-bond acceptors (Lipinski definition) is 6. The number of phenols is 1. The zero-order valence-corrected chi connectivity index (χ0v) is 16.7. The van der Waals surface area contributed by atoms with Gasteiger partial charge in [-0.25, -0.2) is 0 Å². The first-order chi connectivity index (χ1) is 13.2. The Morgan fingerprint density at radius 3 is 2.82 bits per heavy atom. The van der Waals surface area contributed by atoms with E-state index in [0.29, 0.717) is 29.9 Å². The quantitative estimate of drug-likeness (QED) is 0.400. The summed E-state index contributed by atoms with van der Waals surface area (Å²) in [6.45, 7) is 1.96. The van der Waals surface area contributed by atoms with Crippen LogP contribution in [0.5, 0.6) is 5.75 Å². The molecule has 1 aromatic rings. The standard InChI is InChI=1S/C20H27NO6S/c1-20-7-6-14-13-3-2-12(22)10-16(13)18(21-27-8-9-28(24,25)26)11-15(14)17(20)4-5-19(20)23/h2-3,10,14-15,17,19,22-23H,4-9,11H2,1H3,(H,24,25,26)/b21-18+/t14-,15-,17+,19?,20+/m1/s1. The van der Waals surface area contributed by atoms with Crippen molar-refractivity contribution in [3.05, 3.63) is 29.3 Å². The van der Waals surface area contributed by atoms with Crippen LogP contribution in [0.3, 0.4) is 0 Å². The summed E-state index contributed by atoms with van der Waals surface area (Å²) >= 11 is 0. The second-order valence-electron chi connectivity index (χ2n) is 8.65. The highest BCUT2D eigenvalue weighted by Gasteiger charge is 2.55. The van der Waals surface area contributed by atoms with Crippen molar-refractivity contribution >= 4 is 15.8 Å². The molecule has 28 heavy (non-hydrogen) atoms. The second-order valence-corrected chi connectivity index (χ2v) is 10.2. The summed E-state index contributed by atoms with van der Waals surface area (Å²) in [7, 11) is -4.10. The lowest BCUT2D eigenvalue weighted by Crippen LogP contribution is -2.45. The average Bonchev–Trinajstić information content (AvgIpc) is 2.93. The van der Waals surface area contributed by atoms with Gasteiger partial charge in [-0.3, -0.25) is 4.55 Å². The predicted octanol–water partition coefficient (Wildman–Crippen LogP) is 2.68. The van der Waals surface area contributed by atoms with E-state index >= 15 is 0 Å². The zero-order valence-electron chi connectivity index (χ0n) is 15.9. The molecule has 0 amide bonds. The van der Waals surface area contributed by atoms with Crippen LogP contribution in [-0.2, 0) is 15.0 Å². The third-order valence-corrected chi connectivity index (χ3v) is 7.85. The molecule has 4 rings (SSSR count). The van der Waals surface area contributed by atoms with Crippen LogP contribution in [-0.4, -0.2) is 47.4 Å². The van der Waals surface area contributed by atoms with Crippen LogP contribution in [0.2, 0.25) is 0 Å². The fourth-order valence-corrected chi connectivity index (χ4v) is 6.02. The SMILES string of the molecule is C[C@]12CC[C@@H]3c4ccc(O)cc4/C(=N/OCCS(=O)(=O)O)C[C@H]3[C@@H]1CCC2O. The molecule has 0 spiro atoms. The highest BCUT2D eigenvalue weighted by atomic mass is 32.2. The van der Waals surface area contributed by atoms with Crippen LogP contribution in [0.1, 0.15) is 56.1 Å². The molecular weight excluding hydrogens is 382 g/mol. The number of benzene rings is 1. The number of oxime groups is 1. The van der Waals surface area contributed by atoms with Crippen molar-refractivity contribution in [2.45, 2.75) is 51.0 Å². The molecule has 1 aromatic carbocycles. The predicted molar refractivity (Wildman–Crippen MR) is 104 cm³/mol. The van der Waals surface area contributed by atoms with Gasteiger partial charge >= 0.3 is 0 Å². The number of aliphatic hydroxyl groups excluding tert-OH is 1. The topological polar surface area (TPSA) is 116 Å². The number of rotatable bonds is 4. The number of phenolic OH excluding ortho intramolecular Hbond substituents is 1. The zero-order chi connectivity index (χ0) is 20.1. The van der Waals surface area contributed by atoms with Gasteiger partial charge in [0.05, 0.1) is 11.8 Å². The van der Waals surface area contributed by atoms with Crippen molar-refractivity contribution in [2.24, 2.45) is 22.4 Å². The van der Waals surface area contributed by atoms with Crippen molar-refractivity contribution in [1.82, 2.24) is 0 Å². The molecular formula is C20H27NO6S. The maximum absolute atomic E-state index is 10.9. The molecule has 0 radical (unpaired) electrons. The van der Waals surface area contributed by atoms with E-state index in [2.05, 4.69) is 12.1 Å². The van der Waals surface area contributed by atoms with E-state index in [0.717, 1.165) is 36.8 Å². The Hall–Kier alpha value is -1.64. The molecule has 3 aliphatic carbocycles. The molecule has 0 aromatic heterocycles. The van der Waals surface area contributed by atoms with Gasteiger partial charge in [0, 0.05) is 5.56 Å². The second kappa shape index (κ2) is 7.00. The van der Waals surface area contributed by atoms with E-state index in [1.54, 1.807) is 12.1 Å². The first-order valence-corrected chi connectivity index (χ1v) is 11.5. The molecule has 7 nitrogen and oxygen atoms in total. The van der Waals surface area contributed by atoms with Crippen molar-refractivity contribution < 1.29 is 28.0 Å². The molecule has 8 heteroatoms. The first-order valence-electron chi connectivity index (χ1n) is 9.84. The van der Waals surface area contributed by atoms with E-state index in [-0.39, 0.29) is 23.9 Å². The van der Waals surface area contributed by atoms with Crippen molar-refractivity contribution in [1.29, 1.82) is 0 Å². The molecule has 2 fully saturated rings. The van der Waals surface area contributed by atoms with E-state index < -0.39 is 15.9 Å². The Morgan fingerprint density at radius 1 is 1.29 bits per heavy atom. The Bertz CT molecular complexity index is 898. The monoisotopic (exact) mass is 409 g/mol. The molecule has 154 valence electrons. The fraction of sp³-hybridized carbons (Fsp3) is 0.650. The summed E-state index contributed by atoms with van der Waals surface area (Å²) < 4.78 is 30.6. The number of aromatic hydroxyl groups is 1. The van der Waals surface area contributed by atoms with Crippen LogP contribution in [0, 0.1) is 17.3 Å². The van der Waals surface area contributed by atoms with Gasteiger partial charge in [0.15, 0.2) is 0 Å². The van der Waals surface area contributed by atoms with Gasteiger partial charge in [-0.05, 0) is 73.0 Å². The van der Waals surface area contributed by atoms with E-state index in [1.165, 1.54) is 0 Å². The Morgan fingerprint density at radius 2 is 2.07 bits per heavy atom. The summed E-state index contributed by atoms with van der Waals surface area (Å²) in [5.41, 5.74) is 2.59. The van der Waals surface area contributed by atoms with Crippen molar-refractivity contribution in [3.8, 4) is 5.75 Å². The highest BCUT2D eigenvalue weighted by Crippen LogP contribution is 2.60. The lowest BCUT2D eigenvalue weighted by atomic mass is 9.55. The maximum Gasteiger partial charge on any atom is 0.268 e. The molecule has 0 aliphatic heterocycles. The van der Waals surface area contributed by atoms with Gasteiger partial charge in [0.2, 0.25) is 0 Å². The number of fused-ring (bicyclic) bond motifs is 5. The first kappa shape index (κ1) is 19.7. The fourth-order valence-electron chi connectivity index (χ4n) is 5.73.